The van der Waals surface area contributed by atoms with E-state index in [9.17, 15) is 4.39 Å². The molecule has 0 saturated carbocycles. The van der Waals surface area contributed by atoms with Gasteiger partial charge in [-0.05, 0) is 32.5 Å². The minimum Gasteiger partial charge on any atom is -0.305 e. The van der Waals surface area contributed by atoms with Gasteiger partial charge in [0.05, 0.1) is 23.0 Å². The van der Waals surface area contributed by atoms with Gasteiger partial charge in [0.2, 0.25) is 0 Å². The first-order valence-electron chi connectivity index (χ1n) is 6.87. The molecule has 2 aromatic rings. The van der Waals surface area contributed by atoms with Crippen LogP contribution < -0.4 is 5.32 Å². The summed E-state index contributed by atoms with van der Waals surface area (Å²) in [7, 11) is 0. The summed E-state index contributed by atoms with van der Waals surface area (Å²) in [6.07, 6.45) is 1.61. The van der Waals surface area contributed by atoms with Crippen LogP contribution in [0.2, 0.25) is 5.02 Å². The van der Waals surface area contributed by atoms with Gasteiger partial charge in [0.15, 0.2) is 0 Å². The summed E-state index contributed by atoms with van der Waals surface area (Å²) in [5, 5.41) is 8.14. The van der Waals surface area contributed by atoms with Gasteiger partial charge < -0.3 is 5.32 Å². The Bertz CT molecular complexity index is 627. The first kappa shape index (κ1) is 16.5. The number of halogens is 3. The number of hydrogen-bond acceptors (Lipinski definition) is 2. The molecule has 0 amide bonds. The highest BCUT2D eigenvalue weighted by molar-refractivity contribution is 9.10. The molecule has 0 bridgehead atoms. The molecule has 0 aliphatic heterocycles. The molecule has 1 N–H and O–H groups in total. The van der Waals surface area contributed by atoms with Crippen LogP contribution in [0.5, 0.6) is 0 Å². The molecular weight excluding hydrogens is 357 g/mol. The third-order valence-electron chi connectivity index (χ3n) is 3.23. The van der Waals surface area contributed by atoms with E-state index >= 15 is 0 Å². The van der Waals surface area contributed by atoms with Crippen molar-refractivity contribution in [2.24, 2.45) is 0 Å². The van der Waals surface area contributed by atoms with Crippen LogP contribution in [0.4, 0.5) is 4.39 Å². The third-order valence-corrected chi connectivity index (χ3v) is 4.02. The summed E-state index contributed by atoms with van der Waals surface area (Å²) < 4.78 is 16.9. The Morgan fingerprint density at radius 2 is 2.14 bits per heavy atom. The van der Waals surface area contributed by atoms with Crippen molar-refractivity contribution >= 4 is 27.5 Å². The maximum Gasteiger partial charge on any atom is 0.129 e. The van der Waals surface area contributed by atoms with Gasteiger partial charge in [-0.2, -0.15) is 5.10 Å². The van der Waals surface area contributed by atoms with Crippen LogP contribution in [-0.4, -0.2) is 16.3 Å². The summed E-state index contributed by atoms with van der Waals surface area (Å²) in [4.78, 5) is 0. The Morgan fingerprint density at radius 3 is 2.71 bits per heavy atom. The molecule has 0 saturated heterocycles. The molecule has 1 aromatic heterocycles. The SMILES string of the molecule is CCNC(c1ccc(Br)cc1F)c1c(Cl)cnn1C(C)C. The number of nitrogens with zero attached hydrogens (tertiary/aromatic N) is 2. The Hall–Kier alpha value is -0.910. The number of nitrogens with one attached hydrogen (secondary N) is 1. The average Bonchev–Trinajstić information content (AvgIpc) is 2.79. The summed E-state index contributed by atoms with van der Waals surface area (Å²) in [6.45, 7) is 6.72. The summed E-state index contributed by atoms with van der Waals surface area (Å²) >= 11 is 9.58. The Balaban J connectivity index is 2.56. The smallest absolute Gasteiger partial charge is 0.129 e. The van der Waals surface area contributed by atoms with E-state index in [0.717, 1.165) is 5.69 Å². The Labute approximate surface area is 137 Å². The summed E-state index contributed by atoms with van der Waals surface area (Å²) in [5.41, 5.74) is 1.35. The fraction of sp³-hybridized carbons (Fsp3) is 0.400. The lowest BCUT2D eigenvalue weighted by Crippen LogP contribution is -2.26. The van der Waals surface area contributed by atoms with Crippen molar-refractivity contribution in [2.75, 3.05) is 6.54 Å². The molecule has 1 heterocycles. The lowest BCUT2D eigenvalue weighted by atomic mass is 10.0. The number of hydrogen-bond donors (Lipinski definition) is 1. The van der Waals surface area contributed by atoms with Crippen LogP contribution >= 0.6 is 27.5 Å². The molecule has 1 aromatic carbocycles. The van der Waals surface area contributed by atoms with Gasteiger partial charge in [0, 0.05) is 16.1 Å². The number of rotatable bonds is 5. The van der Waals surface area contributed by atoms with Gasteiger partial charge >= 0.3 is 0 Å². The van der Waals surface area contributed by atoms with Gasteiger partial charge in [-0.25, -0.2) is 4.39 Å². The molecule has 0 radical (unpaired) electrons. The molecule has 0 fully saturated rings. The van der Waals surface area contributed by atoms with Gasteiger partial charge in [0.25, 0.3) is 0 Å². The quantitative estimate of drug-likeness (QED) is 0.821. The van der Waals surface area contributed by atoms with E-state index in [0.29, 0.717) is 21.6 Å². The van der Waals surface area contributed by atoms with E-state index in [1.807, 2.05) is 31.5 Å². The van der Waals surface area contributed by atoms with E-state index in [1.54, 1.807) is 12.3 Å². The van der Waals surface area contributed by atoms with Gasteiger partial charge in [-0.3, -0.25) is 4.68 Å². The maximum atomic E-state index is 14.3. The molecule has 0 aliphatic rings. The molecule has 114 valence electrons. The van der Waals surface area contributed by atoms with Gasteiger partial charge in [0.1, 0.15) is 5.82 Å². The predicted octanol–water partition coefficient (Wildman–Crippen LogP) is 4.72. The van der Waals surface area contributed by atoms with Crippen molar-refractivity contribution < 1.29 is 4.39 Å². The van der Waals surface area contributed by atoms with Crippen molar-refractivity contribution in [3.05, 3.63) is 51.0 Å². The van der Waals surface area contributed by atoms with E-state index < -0.39 is 0 Å². The predicted molar refractivity (Wildman–Crippen MR) is 87.2 cm³/mol. The highest BCUT2D eigenvalue weighted by Crippen LogP contribution is 2.32. The molecule has 2 rings (SSSR count). The zero-order chi connectivity index (χ0) is 15.6. The van der Waals surface area contributed by atoms with Crippen molar-refractivity contribution in [1.29, 1.82) is 0 Å². The van der Waals surface area contributed by atoms with Crippen molar-refractivity contribution in [3.63, 3.8) is 0 Å². The second-order valence-corrected chi connectivity index (χ2v) is 6.40. The molecule has 21 heavy (non-hydrogen) atoms. The third kappa shape index (κ3) is 3.47. The number of benzene rings is 1. The van der Waals surface area contributed by atoms with Crippen LogP contribution in [0.1, 0.15) is 44.1 Å². The van der Waals surface area contributed by atoms with Crippen LogP contribution in [-0.2, 0) is 0 Å². The summed E-state index contributed by atoms with van der Waals surface area (Å²) in [5.74, 6) is -0.275. The molecular formula is C15H18BrClFN3. The van der Waals surface area contributed by atoms with Gasteiger partial charge in [-0.1, -0.05) is 40.5 Å². The standard InChI is InChI=1S/C15H18BrClFN3/c1-4-19-14(11-6-5-10(16)7-13(11)18)15-12(17)8-20-21(15)9(2)3/h5-9,14,19H,4H2,1-3H3. The summed E-state index contributed by atoms with van der Waals surface area (Å²) in [6, 6.07) is 4.87. The molecule has 0 spiro atoms. The first-order chi connectivity index (χ1) is 9.95. The van der Waals surface area contributed by atoms with E-state index in [4.69, 9.17) is 11.6 Å². The lowest BCUT2D eigenvalue weighted by molar-refractivity contribution is 0.467. The van der Waals surface area contributed by atoms with Crippen molar-refractivity contribution in [3.8, 4) is 0 Å². The largest absolute Gasteiger partial charge is 0.305 e. The minimum absolute atomic E-state index is 0.146. The number of aromatic nitrogens is 2. The molecule has 0 aliphatic carbocycles. The van der Waals surface area contributed by atoms with Crippen LogP contribution in [0.25, 0.3) is 0 Å². The maximum absolute atomic E-state index is 14.3. The Morgan fingerprint density at radius 1 is 1.43 bits per heavy atom. The zero-order valence-corrected chi connectivity index (χ0v) is 14.5. The highest BCUT2D eigenvalue weighted by Gasteiger charge is 2.25. The second kappa shape index (κ2) is 6.90. The normalized spacial score (nSPS) is 12.9. The van der Waals surface area contributed by atoms with Crippen LogP contribution in [0, 0.1) is 5.82 Å². The lowest BCUT2D eigenvalue weighted by Gasteiger charge is -2.22. The molecule has 6 heteroatoms. The van der Waals surface area contributed by atoms with Crippen molar-refractivity contribution in [2.45, 2.75) is 32.9 Å². The van der Waals surface area contributed by atoms with E-state index in [2.05, 4.69) is 26.3 Å². The first-order valence-corrected chi connectivity index (χ1v) is 8.04. The topological polar surface area (TPSA) is 29.9 Å². The van der Waals surface area contributed by atoms with Crippen LogP contribution in [0.3, 0.4) is 0 Å². The zero-order valence-electron chi connectivity index (χ0n) is 12.2. The molecule has 1 unspecified atom stereocenters. The van der Waals surface area contributed by atoms with Crippen molar-refractivity contribution in [1.82, 2.24) is 15.1 Å². The monoisotopic (exact) mass is 373 g/mol. The van der Waals surface area contributed by atoms with E-state index in [1.165, 1.54) is 6.07 Å². The fourth-order valence-electron chi connectivity index (χ4n) is 2.33. The molecule has 1 atom stereocenters. The highest BCUT2D eigenvalue weighted by atomic mass is 79.9. The minimum atomic E-state index is -0.333. The van der Waals surface area contributed by atoms with Gasteiger partial charge in [-0.15, -0.1) is 0 Å². The van der Waals surface area contributed by atoms with Crippen LogP contribution in [0.15, 0.2) is 28.9 Å². The van der Waals surface area contributed by atoms with E-state index in [-0.39, 0.29) is 17.9 Å². The fourth-order valence-corrected chi connectivity index (χ4v) is 2.90. The average molecular weight is 375 g/mol. The molecule has 3 nitrogen and oxygen atoms in total. The second-order valence-electron chi connectivity index (χ2n) is 5.07. The Kier molecular flexibility index (Phi) is 5.41.